The second kappa shape index (κ2) is 7.41. The number of hydrogen-bond acceptors (Lipinski definition) is 3. The van der Waals surface area contributed by atoms with Gasteiger partial charge in [-0.15, -0.1) is 0 Å². The normalized spacial score (nSPS) is 17.9. The Balaban J connectivity index is 1.83. The SMILES string of the molecule is CC(CN1CCCCC1)NCc1ccccc1C(=O)O. The van der Waals surface area contributed by atoms with Crippen LogP contribution >= 0.6 is 0 Å². The lowest BCUT2D eigenvalue weighted by Crippen LogP contribution is -2.41. The molecule has 0 radical (unpaired) electrons. The van der Waals surface area contributed by atoms with Crippen LogP contribution in [-0.2, 0) is 6.54 Å². The number of likely N-dealkylation sites (tertiary alicyclic amines) is 1. The highest BCUT2D eigenvalue weighted by Crippen LogP contribution is 2.11. The fourth-order valence-electron chi connectivity index (χ4n) is 2.76. The van der Waals surface area contributed by atoms with Crippen molar-refractivity contribution >= 4 is 5.97 Å². The van der Waals surface area contributed by atoms with E-state index in [4.69, 9.17) is 5.11 Å². The minimum atomic E-state index is -0.855. The van der Waals surface area contributed by atoms with Crippen molar-refractivity contribution in [3.05, 3.63) is 35.4 Å². The van der Waals surface area contributed by atoms with Crippen LogP contribution in [-0.4, -0.2) is 41.7 Å². The molecule has 1 heterocycles. The summed E-state index contributed by atoms with van der Waals surface area (Å²) in [5.74, 6) is -0.855. The summed E-state index contributed by atoms with van der Waals surface area (Å²) in [5.41, 5.74) is 1.25. The third-order valence-corrected chi connectivity index (χ3v) is 3.87. The number of benzene rings is 1. The van der Waals surface area contributed by atoms with Gasteiger partial charge in [0.05, 0.1) is 5.56 Å². The van der Waals surface area contributed by atoms with Crippen molar-refractivity contribution < 1.29 is 9.90 Å². The zero-order valence-corrected chi connectivity index (χ0v) is 12.1. The molecule has 1 atom stereocenters. The van der Waals surface area contributed by atoms with Crippen LogP contribution in [0.1, 0.15) is 42.1 Å². The van der Waals surface area contributed by atoms with Gasteiger partial charge in [0.15, 0.2) is 0 Å². The van der Waals surface area contributed by atoms with Crippen molar-refractivity contribution in [1.29, 1.82) is 0 Å². The van der Waals surface area contributed by atoms with Crippen molar-refractivity contribution in [3.8, 4) is 0 Å². The van der Waals surface area contributed by atoms with Gasteiger partial charge in [-0.1, -0.05) is 24.6 Å². The second-order valence-corrected chi connectivity index (χ2v) is 5.61. The van der Waals surface area contributed by atoms with Crippen molar-refractivity contribution in [3.63, 3.8) is 0 Å². The third-order valence-electron chi connectivity index (χ3n) is 3.87. The van der Waals surface area contributed by atoms with E-state index in [2.05, 4.69) is 17.1 Å². The Kier molecular flexibility index (Phi) is 5.56. The summed E-state index contributed by atoms with van der Waals surface area (Å²) in [7, 11) is 0. The monoisotopic (exact) mass is 276 g/mol. The summed E-state index contributed by atoms with van der Waals surface area (Å²) in [6, 6.07) is 7.57. The van der Waals surface area contributed by atoms with Crippen molar-refractivity contribution in [2.75, 3.05) is 19.6 Å². The van der Waals surface area contributed by atoms with Crippen LogP contribution in [0.2, 0.25) is 0 Å². The molecule has 0 saturated carbocycles. The van der Waals surface area contributed by atoms with Gasteiger partial charge in [-0.2, -0.15) is 0 Å². The number of aromatic carboxylic acids is 1. The van der Waals surface area contributed by atoms with Gasteiger partial charge >= 0.3 is 5.97 Å². The molecule has 4 heteroatoms. The first-order valence-corrected chi connectivity index (χ1v) is 7.44. The first-order valence-electron chi connectivity index (χ1n) is 7.44. The number of piperidine rings is 1. The lowest BCUT2D eigenvalue weighted by Gasteiger charge is -2.29. The van der Waals surface area contributed by atoms with Crippen LogP contribution in [0.5, 0.6) is 0 Å². The third kappa shape index (κ3) is 4.32. The maximum atomic E-state index is 11.1. The van der Waals surface area contributed by atoms with E-state index in [0.717, 1.165) is 12.1 Å². The van der Waals surface area contributed by atoms with Gasteiger partial charge < -0.3 is 15.3 Å². The van der Waals surface area contributed by atoms with Gasteiger partial charge in [-0.25, -0.2) is 4.79 Å². The molecule has 1 saturated heterocycles. The van der Waals surface area contributed by atoms with Gasteiger partial charge in [-0.05, 0) is 44.5 Å². The number of carboxylic acids is 1. The zero-order valence-electron chi connectivity index (χ0n) is 12.1. The van der Waals surface area contributed by atoms with Crippen molar-refractivity contribution in [1.82, 2.24) is 10.2 Å². The molecule has 0 aromatic heterocycles. The quantitative estimate of drug-likeness (QED) is 0.837. The van der Waals surface area contributed by atoms with Gasteiger partial charge in [0.1, 0.15) is 0 Å². The zero-order chi connectivity index (χ0) is 14.4. The molecule has 1 aromatic carbocycles. The van der Waals surface area contributed by atoms with E-state index in [1.54, 1.807) is 12.1 Å². The standard InChI is InChI=1S/C16H24N2O2/c1-13(12-18-9-5-2-6-10-18)17-11-14-7-3-4-8-15(14)16(19)20/h3-4,7-8,13,17H,2,5-6,9-12H2,1H3,(H,19,20). The minimum Gasteiger partial charge on any atom is -0.478 e. The van der Waals surface area contributed by atoms with Crippen molar-refractivity contribution in [2.24, 2.45) is 0 Å². The maximum Gasteiger partial charge on any atom is 0.336 e. The molecule has 0 bridgehead atoms. The Labute approximate surface area is 120 Å². The Morgan fingerprint density at radius 3 is 2.70 bits per heavy atom. The molecule has 0 aliphatic carbocycles. The van der Waals surface area contributed by atoms with E-state index < -0.39 is 5.97 Å². The smallest absolute Gasteiger partial charge is 0.336 e. The van der Waals surface area contributed by atoms with Crippen LogP contribution in [0.3, 0.4) is 0 Å². The Morgan fingerprint density at radius 1 is 1.30 bits per heavy atom. The molecule has 110 valence electrons. The van der Waals surface area contributed by atoms with E-state index >= 15 is 0 Å². The molecule has 1 aliphatic heterocycles. The van der Waals surface area contributed by atoms with Crippen LogP contribution in [0, 0.1) is 0 Å². The summed E-state index contributed by atoms with van der Waals surface area (Å²) >= 11 is 0. The average molecular weight is 276 g/mol. The molecule has 1 aromatic rings. The minimum absolute atomic E-state index is 0.370. The highest BCUT2D eigenvalue weighted by Gasteiger charge is 2.14. The maximum absolute atomic E-state index is 11.1. The molecule has 0 amide bonds. The molecule has 20 heavy (non-hydrogen) atoms. The lowest BCUT2D eigenvalue weighted by molar-refractivity contribution is 0.0695. The summed E-state index contributed by atoms with van der Waals surface area (Å²) in [6.45, 7) is 6.19. The number of carbonyl (C=O) groups is 1. The number of hydrogen-bond donors (Lipinski definition) is 2. The fraction of sp³-hybridized carbons (Fsp3) is 0.562. The molecular formula is C16H24N2O2. The van der Waals surface area contributed by atoms with Crippen LogP contribution in [0.25, 0.3) is 0 Å². The first kappa shape index (κ1) is 15.0. The van der Waals surface area contributed by atoms with E-state index in [0.29, 0.717) is 18.2 Å². The number of rotatable bonds is 6. The Bertz CT molecular complexity index is 442. The Morgan fingerprint density at radius 2 is 2.00 bits per heavy atom. The predicted octanol–water partition coefficient (Wildman–Crippen LogP) is 2.35. The highest BCUT2D eigenvalue weighted by atomic mass is 16.4. The number of nitrogens with one attached hydrogen (secondary N) is 1. The molecule has 1 fully saturated rings. The second-order valence-electron chi connectivity index (χ2n) is 5.61. The first-order chi connectivity index (χ1) is 9.66. The van der Waals surface area contributed by atoms with Gasteiger partial charge in [-0.3, -0.25) is 0 Å². The van der Waals surface area contributed by atoms with Gasteiger partial charge in [0, 0.05) is 19.1 Å². The lowest BCUT2D eigenvalue weighted by atomic mass is 10.1. The van der Waals surface area contributed by atoms with Crippen LogP contribution in [0.15, 0.2) is 24.3 Å². The van der Waals surface area contributed by atoms with E-state index in [1.807, 2.05) is 12.1 Å². The van der Waals surface area contributed by atoms with E-state index in [9.17, 15) is 4.79 Å². The number of nitrogens with zero attached hydrogens (tertiary/aromatic N) is 1. The van der Waals surface area contributed by atoms with Crippen LogP contribution in [0.4, 0.5) is 0 Å². The largest absolute Gasteiger partial charge is 0.478 e. The summed E-state index contributed by atoms with van der Waals surface area (Å²) < 4.78 is 0. The summed E-state index contributed by atoms with van der Waals surface area (Å²) in [5, 5.41) is 12.6. The topological polar surface area (TPSA) is 52.6 Å². The number of carboxylic acid groups (broad SMARTS) is 1. The predicted molar refractivity (Wildman–Crippen MR) is 80.0 cm³/mol. The average Bonchev–Trinajstić information content (AvgIpc) is 2.46. The molecule has 1 aliphatic rings. The summed E-state index contributed by atoms with van der Waals surface area (Å²) in [4.78, 5) is 13.6. The molecule has 1 unspecified atom stereocenters. The van der Waals surface area contributed by atoms with Gasteiger partial charge in [0.2, 0.25) is 0 Å². The van der Waals surface area contributed by atoms with Crippen LogP contribution < -0.4 is 5.32 Å². The van der Waals surface area contributed by atoms with Gasteiger partial charge in [0.25, 0.3) is 0 Å². The Hall–Kier alpha value is -1.39. The van der Waals surface area contributed by atoms with Crippen molar-refractivity contribution in [2.45, 2.75) is 38.8 Å². The highest BCUT2D eigenvalue weighted by molar-refractivity contribution is 5.89. The molecule has 0 spiro atoms. The van der Waals surface area contributed by atoms with E-state index in [-0.39, 0.29) is 0 Å². The van der Waals surface area contributed by atoms with E-state index in [1.165, 1.54) is 32.4 Å². The fourth-order valence-corrected chi connectivity index (χ4v) is 2.76. The molecule has 2 rings (SSSR count). The molecule has 2 N–H and O–H groups in total. The molecule has 4 nitrogen and oxygen atoms in total. The molecular weight excluding hydrogens is 252 g/mol. The summed E-state index contributed by atoms with van der Waals surface area (Å²) in [6.07, 6.45) is 3.95.